The van der Waals surface area contributed by atoms with Gasteiger partial charge in [-0.25, -0.2) is 9.97 Å². The van der Waals surface area contributed by atoms with Gasteiger partial charge in [0.1, 0.15) is 0 Å². The van der Waals surface area contributed by atoms with Gasteiger partial charge in [-0.2, -0.15) is 0 Å². The van der Waals surface area contributed by atoms with Gasteiger partial charge in [0.25, 0.3) is 0 Å². The maximum atomic E-state index is 4.50. The van der Waals surface area contributed by atoms with Crippen LogP contribution in [0.15, 0.2) is 35.7 Å². The summed E-state index contributed by atoms with van der Waals surface area (Å²) in [7, 11) is 4.33. The predicted octanol–water partition coefficient (Wildman–Crippen LogP) is 3.94. The van der Waals surface area contributed by atoms with E-state index in [0.29, 0.717) is 5.25 Å². The molecular weight excluding hydrogens is 328 g/mol. The molecule has 1 aliphatic rings. The standard InChI is InChI=1S/C20H28N4S/c1-5-15(2)25-20-21-9-17(10-22-20)12-23(3)11-16-6-7-18-13-24(4)14-19(18)8-16/h6-10,15H,5,11-14H2,1-4H3/t15-/m1/s1. The van der Waals surface area contributed by atoms with Crippen LogP contribution in [0.25, 0.3) is 0 Å². The molecule has 0 amide bonds. The number of benzene rings is 1. The summed E-state index contributed by atoms with van der Waals surface area (Å²) in [5, 5.41) is 1.44. The van der Waals surface area contributed by atoms with Crippen LogP contribution >= 0.6 is 11.8 Å². The van der Waals surface area contributed by atoms with Crippen molar-refractivity contribution in [3.63, 3.8) is 0 Å². The minimum absolute atomic E-state index is 0.562. The van der Waals surface area contributed by atoms with Crippen molar-refractivity contribution in [2.24, 2.45) is 0 Å². The van der Waals surface area contributed by atoms with Crippen molar-refractivity contribution in [1.29, 1.82) is 0 Å². The SMILES string of the molecule is CC[C@@H](C)Sc1ncc(CN(C)Cc2ccc3c(c2)CN(C)C3)cn1. The molecule has 5 heteroatoms. The Bertz CT molecular complexity index is 701. The van der Waals surface area contributed by atoms with Crippen molar-refractivity contribution in [2.75, 3.05) is 14.1 Å². The summed E-state index contributed by atoms with van der Waals surface area (Å²) in [5.74, 6) is 0. The second-order valence-corrected chi connectivity index (χ2v) is 8.56. The molecule has 0 saturated carbocycles. The normalized spacial score (nSPS) is 15.6. The first-order chi connectivity index (χ1) is 12.0. The molecule has 2 heterocycles. The monoisotopic (exact) mass is 356 g/mol. The average Bonchev–Trinajstić information content (AvgIpc) is 2.95. The topological polar surface area (TPSA) is 32.3 Å². The molecule has 1 aromatic carbocycles. The quantitative estimate of drug-likeness (QED) is 0.554. The van der Waals surface area contributed by atoms with Gasteiger partial charge < -0.3 is 0 Å². The third-order valence-corrected chi connectivity index (χ3v) is 5.78. The molecule has 0 radical (unpaired) electrons. The summed E-state index contributed by atoms with van der Waals surface area (Å²) < 4.78 is 0. The van der Waals surface area contributed by atoms with Gasteiger partial charge in [0, 0.05) is 49.4 Å². The van der Waals surface area contributed by atoms with E-state index in [4.69, 9.17) is 0 Å². The highest BCUT2D eigenvalue weighted by atomic mass is 32.2. The molecule has 0 saturated heterocycles. The van der Waals surface area contributed by atoms with Crippen LogP contribution in [0.1, 0.15) is 42.5 Å². The van der Waals surface area contributed by atoms with Crippen LogP contribution in [-0.2, 0) is 26.2 Å². The van der Waals surface area contributed by atoms with Crippen LogP contribution < -0.4 is 0 Å². The lowest BCUT2D eigenvalue weighted by Gasteiger charge is -2.17. The van der Waals surface area contributed by atoms with Crippen LogP contribution in [-0.4, -0.2) is 39.1 Å². The van der Waals surface area contributed by atoms with Gasteiger partial charge in [0.15, 0.2) is 5.16 Å². The van der Waals surface area contributed by atoms with Crippen LogP contribution in [0.5, 0.6) is 0 Å². The molecule has 0 N–H and O–H groups in total. The molecule has 0 bridgehead atoms. The number of hydrogen-bond acceptors (Lipinski definition) is 5. The average molecular weight is 357 g/mol. The first-order valence-corrected chi connectivity index (χ1v) is 9.86. The van der Waals surface area contributed by atoms with Crippen LogP contribution in [0, 0.1) is 0 Å². The molecule has 4 nitrogen and oxygen atoms in total. The highest BCUT2D eigenvalue weighted by Gasteiger charge is 2.15. The molecule has 1 aliphatic heterocycles. The Morgan fingerprint density at radius 3 is 2.52 bits per heavy atom. The fraction of sp³-hybridized carbons (Fsp3) is 0.500. The molecule has 1 aromatic heterocycles. The van der Waals surface area contributed by atoms with Crippen molar-refractivity contribution in [1.82, 2.24) is 19.8 Å². The maximum absolute atomic E-state index is 4.50. The number of fused-ring (bicyclic) bond motifs is 1. The number of nitrogens with zero attached hydrogens (tertiary/aromatic N) is 4. The third-order valence-electron chi connectivity index (χ3n) is 4.62. The molecule has 0 fully saturated rings. The van der Waals surface area contributed by atoms with Crippen LogP contribution in [0.2, 0.25) is 0 Å². The largest absolute Gasteiger partial charge is 0.298 e. The van der Waals surface area contributed by atoms with E-state index in [2.05, 4.69) is 65.9 Å². The van der Waals surface area contributed by atoms with E-state index in [1.165, 1.54) is 16.7 Å². The molecule has 25 heavy (non-hydrogen) atoms. The van der Waals surface area contributed by atoms with Gasteiger partial charge in [-0.05, 0) is 37.2 Å². The van der Waals surface area contributed by atoms with E-state index in [1.54, 1.807) is 11.8 Å². The number of rotatable bonds is 7. The Morgan fingerprint density at radius 2 is 1.80 bits per heavy atom. The zero-order valence-electron chi connectivity index (χ0n) is 15.7. The highest BCUT2D eigenvalue weighted by Crippen LogP contribution is 2.23. The minimum Gasteiger partial charge on any atom is -0.298 e. The molecule has 0 spiro atoms. The van der Waals surface area contributed by atoms with E-state index >= 15 is 0 Å². The molecule has 1 atom stereocenters. The lowest BCUT2D eigenvalue weighted by molar-refractivity contribution is 0.318. The number of hydrogen-bond donors (Lipinski definition) is 0. The highest BCUT2D eigenvalue weighted by molar-refractivity contribution is 7.99. The molecule has 2 aromatic rings. The van der Waals surface area contributed by atoms with Crippen LogP contribution in [0.3, 0.4) is 0 Å². The van der Waals surface area contributed by atoms with Crippen molar-refractivity contribution in [3.05, 3.63) is 52.8 Å². The van der Waals surface area contributed by atoms with Crippen molar-refractivity contribution < 1.29 is 0 Å². The van der Waals surface area contributed by atoms with Gasteiger partial charge in [-0.15, -0.1) is 0 Å². The lowest BCUT2D eigenvalue weighted by atomic mass is 10.1. The number of thioether (sulfide) groups is 1. The lowest BCUT2D eigenvalue weighted by Crippen LogP contribution is -2.17. The Labute approximate surface area is 155 Å². The van der Waals surface area contributed by atoms with Gasteiger partial charge >= 0.3 is 0 Å². The van der Waals surface area contributed by atoms with Gasteiger partial charge in [-0.3, -0.25) is 9.80 Å². The first-order valence-electron chi connectivity index (χ1n) is 8.99. The minimum atomic E-state index is 0.562. The van der Waals surface area contributed by atoms with Gasteiger partial charge in [0.05, 0.1) is 0 Å². The van der Waals surface area contributed by atoms with E-state index in [1.807, 2.05) is 12.4 Å². The Kier molecular flexibility index (Phi) is 6.10. The van der Waals surface area contributed by atoms with Crippen LogP contribution in [0.4, 0.5) is 0 Å². The first kappa shape index (κ1) is 18.4. The van der Waals surface area contributed by atoms with E-state index in [0.717, 1.165) is 43.3 Å². The fourth-order valence-electron chi connectivity index (χ4n) is 3.14. The predicted molar refractivity (Wildman–Crippen MR) is 104 cm³/mol. The van der Waals surface area contributed by atoms with E-state index < -0.39 is 0 Å². The van der Waals surface area contributed by atoms with E-state index in [9.17, 15) is 0 Å². The summed E-state index contributed by atoms with van der Waals surface area (Å²) in [5.41, 5.74) is 5.48. The van der Waals surface area contributed by atoms with Crippen molar-refractivity contribution >= 4 is 11.8 Å². The molecule has 0 aliphatic carbocycles. The van der Waals surface area contributed by atoms with Gasteiger partial charge in [-0.1, -0.05) is 43.8 Å². The zero-order chi connectivity index (χ0) is 17.8. The third kappa shape index (κ3) is 5.03. The van der Waals surface area contributed by atoms with Crippen molar-refractivity contribution in [3.8, 4) is 0 Å². The maximum Gasteiger partial charge on any atom is 0.187 e. The Hall–Kier alpha value is -1.43. The number of aromatic nitrogens is 2. The molecular formula is C20H28N4S. The second-order valence-electron chi connectivity index (χ2n) is 7.16. The summed E-state index contributed by atoms with van der Waals surface area (Å²) in [4.78, 5) is 13.7. The summed E-state index contributed by atoms with van der Waals surface area (Å²) >= 11 is 1.75. The molecule has 134 valence electrons. The second kappa shape index (κ2) is 8.30. The smallest absolute Gasteiger partial charge is 0.187 e. The van der Waals surface area contributed by atoms with Crippen molar-refractivity contribution in [2.45, 2.75) is 56.9 Å². The Balaban J connectivity index is 1.56. The molecule has 3 rings (SSSR count). The molecule has 0 unspecified atom stereocenters. The van der Waals surface area contributed by atoms with E-state index in [-0.39, 0.29) is 0 Å². The fourth-order valence-corrected chi connectivity index (χ4v) is 3.90. The summed E-state index contributed by atoms with van der Waals surface area (Å²) in [6.45, 7) is 8.35. The zero-order valence-corrected chi connectivity index (χ0v) is 16.5. The Morgan fingerprint density at radius 1 is 1.12 bits per heavy atom. The summed E-state index contributed by atoms with van der Waals surface area (Å²) in [6, 6.07) is 6.90. The summed E-state index contributed by atoms with van der Waals surface area (Å²) in [6.07, 6.45) is 5.06. The van der Waals surface area contributed by atoms with Gasteiger partial charge in [0.2, 0.25) is 0 Å².